The van der Waals surface area contributed by atoms with E-state index in [9.17, 15) is 0 Å². The molecule has 2 aromatic rings. The van der Waals surface area contributed by atoms with E-state index in [1.165, 1.54) is 21.9 Å². The van der Waals surface area contributed by atoms with E-state index in [1.54, 1.807) is 0 Å². The fourth-order valence-corrected chi connectivity index (χ4v) is 2.41. The molecule has 0 aliphatic rings. The lowest BCUT2D eigenvalue weighted by Crippen LogP contribution is -2.17. The Labute approximate surface area is 104 Å². The van der Waals surface area contributed by atoms with Crippen molar-refractivity contribution in [2.45, 2.75) is 26.7 Å². The topological polar surface area (TPSA) is 26.0 Å². The zero-order valence-electron chi connectivity index (χ0n) is 10.9. The lowest BCUT2D eigenvalue weighted by Gasteiger charge is -2.19. The number of hydrogen-bond donors (Lipinski definition) is 1. The number of benzene rings is 2. The van der Waals surface area contributed by atoms with Crippen molar-refractivity contribution in [1.82, 2.24) is 0 Å². The van der Waals surface area contributed by atoms with E-state index >= 15 is 0 Å². The fourth-order valence-electron chi connectivity index (χ4n) is 2.41. The number of fused-ring (bicyclic) bond motifs is 1. The Bertz CT molecular complexity index is 514. The standard InChI is InChI=1S/C16H21N/c1-11(2)16(10-17)15-7-6-13-8-12(3)4-5-14(13)9-15/h4-9,11,16H,10,17H2,1-3H3. The molecule has 0 radical (unpaired) electrons. The van der Waals surface area contributed by atoms with E-state index in [0.717, 1.165) is 6.54 Å². The van der Waals surface area contributed by atoms with Gasteiger partial charge >= 0.3 is 0 Å². The van der Waals surface area contributed by atoms with E-state index in [0.29, 0.717) is 11.8 Å². The summed E-state index contributed by atoms with van der Waals surface area (Å²) in [4.78, 5) is 0. The summed E-state index contributed by atoms with van der Waals surface area (Å²) in [6.07, 6.45) is 0. The summed E-state index contributed by atoms with van der Waals surface area (Å²) in [5, 5.41) is 2.63. The average molecular weight is 227 g/mol. The van der Waals surface area contributed by atoms with Crippen molar-refractivity contribution in [3.8, 4) is 0 Å². The molecule has 1 heteroatoms. The third-order valence-electron chi connectivity index (χ3n) is 3.51. The van der Waals surface area contributed by atoms with Crippen molar-refractivity contribution >= 4 is 10.8 Å². The summed E-state index contributed by atoms with van der Waals surface area (Å²) in [5.41, 5.74) is 8.54. The SMILES string of the molecule is Cc1ccc2cc(C(CN)C(C)C)ccc2c1. The first kappa shape index (κ1) is 12.1. The zero-order valence-corrected chi connectivity index (χ0v) is 10.9. The van der Waals surface area contributed by atoms with Crippen molar-refractivity contribution in [1.29, 1.82) is 0 Å². The van der Waals surface area contributed by atoms with Crippen LogP contribution in [-0.4, -0.2) is 6.54 Å². The van der Waals surface area contributed by atoms with Gasteiger partial charge in [0.2, 0.25) is 0 Å². The number of aryl methyl sites for hydroxylation is 1. The molecule has 0 aliphatic heterocycles. The summed E-state index contributed by atoms with van der Waals surface area (Å²) < 4.78 is 0. The van der Waals surface area contributed by atoms with Gasteiger partial charge in [-0.3, -0.25) is 0 Å². The van der Waals surface area contributed by atoms with Crippen LogP contribution < -0.4 is 5.73 Å². The molecule has 0 bridgehead atoms. The Morgan fingerprint density at radius 3 is 2.29 bits per heavy atom. The van der Waals surface area contributed by atoms with E-state index < -0.39 is 0 Å². The summed E-state index contributed by atoms with van der Waals surface area (Å²) in [6, 6.07) is 13.3. The molecule has 2 N–H and O–H groups in total. The maximum atomic E-state index is 5.87. The molecule has 0 aromatic heterocycles. The predicted octanol–water partition coefficient (Wildman–Crippen LogP) is 3.85. The van der Waals surface area contributed by atoms with Crippen LogP contribution >= 0.6 is 0 Å². The lowest BCUT2D eigenvalue weighted by atomic mass is 9.87. The summed E-state index contributed by atoms with van der Waals surface area (Å²) >= 11 is 0. The van der Waals surface area contributed by atoms with E-state index in [1.807, 2.05) is 0 Å². The molecular weight excluding hydrogens is 206 g/mol. The molecule has 90 valence electrons. The van der Waals surface area contributed by atoms with E-state index in [-0.39, 0.29) is 0 Å². The van der Waals surface area contributed by atoms with E-state index in [2.05, 4.69) is 57.2 Å². The Morgan fingerprint density at radius 1 is 1.00 bits per heavy atom. The Kier molecular flexibility index (Phi) is 3.49. The molecule has 0 spiro atoms. The Balaban J connectivity index is 2.47. The highest BCUT2D eigenvalue weighted by Gasteiger charge is 2.13. The van der Waals surface area contributed by atoms with Crippen LogP contribution in [-0.2, 0) is 0 Å². The highest BCUT2D eigenvalue weighted by atomic mass is 14.6. The monoisotopic (exact) mass is 227 g/mol. The lowest BCUT2D eigenvalue weighted by molar-refractivity contribution is 0.507. The van der Waals surface area contributed by atoms with Crippen LogP contribution in [0.25, 0.3) is 10.8 Å². The average Bonchev–Trinajstić information content (AvgIpc) is 2.29. The third-order valence-corrected chi connectivity index (χ3v) is 3.51. The molecule has 1 nitrogen and oxygen atoms in total. The first-order valence-electron chi connectivity index (χ1n) is 6.32. The number of nitrogens with two attached hydrogens (primary N) is 1. The smallest absolute Gasteiger partial charge is 0.000577 e. The molecule has 0 heterocycles. The van der Waals surface area contributed by atoms with Gasteiger partial charge in [0.05, 0.1) is 0 Å². The molecule has 0 amide bonds. The summed E-state index contributed by atoms with van der Waals surface area (Å²) in [5.74, 6) is 1.05. The van der Waals surface area contributed by atoms with E-state index in [4.69, 9.17) is 5.73 Å². The molecule has 17 heavy (non-hydrogen) atoms. The van der Waals surface area contributed by atoms with Crippen LogP contribution in [0.1, 0.15) is 30.9 Å². The second kappa shape index (κ2) is 4.89. The van der Waals surface area contributed by atoms with Crippen LogP contribution in [0.2, 0.25) is 0 Å². The largest absolute Gasteiger partial charge is 0.330 e. The molecule has 1 unspecified atom stereocenters. The second-order valence-corrected chi connectivity index (χ2v) is 5.20. The number of hydrogen-bond acceptors (Lipinski definition) is 1. The number of rotatable bonds is 3. The highest BCUT2D eigenvalue weighted by Crippen LogP contribution is 2.26. The van der Waals surface area contributed by atoms with Gasteiger partial charge in [-0.1, -0.05) is 55.8 Å². The van der Waals surface area contributed by atoms with Crippen molar-refractivity contribution in [3.63, 3.8) is 0 Å². The van der Waals surface area contributed by atoms with Gasteiger partial charge in [-0.05, 0) is 41.6 Å². The van der Waals surface area contributed by atoms with Crippen LogP contribution in [0.4, 0.5) is 0 Å². The fraction of sp³-hybridized carbons (Fsp3) is 0.375. The van der Waals surface area contributed by atoms with Gasteiger partial charge in [-0.2, -0.15) is 0 Å². The Morgan fingerprint density at radius 2 is 1.65 bits per heavy atom. The van der Waals surface area contributed by atoms with Crippen LogP contribution in [0.15, 0.2) is 36.4 Å². The van der Waals surface area contributed by atoms with Crippen molar-refractivity contribution < 1.29 is 0 Å². The van der Waals surface area contributed by atoms with Gasteiger partial charge in [0.25, 0.3) is 0 Å². The molecule has 1 atom stereocenters. The van der Waals surface area contributed by atoms with Crippen molar-refractivity contribution in [2.24, 2.45) is 11.7 Å². The van der Waals surface area contributed by atoms with Crippen LogP contribution in [0, 0.1) is 12.8 Å². The van der Waals surface area contributed by atoms with Gasteiger partial charge in [-0.25, -0.2) is 0 Å². The summed E-state index contributed by atoms with van der Waals surface area (Å²) in [6.45, 7) is 7.31. The molecule has 0 saturated heterocycles. The summed E-state index contributed by atoms with van der Waals surface area (Å²) in [7, 11) is 0. The first-order chi connectivity index (χ1) is 8.11. The molecule has 2 rings (SSSR count). The van der Waals surface area contributed by atoms with Crippen molar-refractivity contribution in [3.05, 3.63) is 47.5 Å². The minimum atomic E-state index is 0.459. The molecule has 0 fully saturated rings. The Hall–Kier alpha value is -1.34. The van der Waals surface area contributed by atoms with Crippen molar-refractivity contribution in [2.75, 3.05) is 6.54 Å². The maximum Gasteiger partial charge on any atom is -0.000577 e. The maximum absolute atomic E-state index is 5.87. The normalized spacial score (nSPS) is 13.2. The molecule has 0 saturated carbocycles. The van der Waals surface area contributed by atoms with Crippen LogP contribution in [0.5, 0.6) is 0 Å². The highest BCUT2D eigenvalue weighted by molar-refractivity contribution is 5.83. The quantitative estimate of drug-likeness (QED) is 0.847. The molecular formula is C16H21N. The minimum absolute atomic E-state index is 0.459. The van der Waals surface area contributed by atoms with Crippen LogP contribution in [0.3, 0.4) is 0 Å². The molecule has 0 aliphatic carbocycles. The van der Waals surface area contributed by atoms with Gasteiger partial charge in [0, 0.05) is 0 Å². The zero-order chi connectivity index (χ0) is 12.4. The third kappa shape index (κ3) is 2.50. The van der Waals surface area contributed by atoms with Gasteiger partial charge in [0.15, 0.2) is 0 Å². The van der Waals surface area contributed by atoms with Gasteiger partial charge in [-0.15, -0.1) is 0 Å². The van der Waals surface area contributed by atoms with Gasteiger partial charge in [0.1, 0.15) is 0 Å². The first-order valence-corrected chi connectivity index (χ1v) is 6.32. The predicted molar refractivity (Wildman–Crippen MR) is 75.3 cm³/mol. The molecule has 2 aromatic carbocycles. The second-order valence-electron chi connectivity index (χ2n) is 5.20. The minimum Gasteiger partial charge on any atom is -0.330 e. The van der Waals surface area contributed by atoms with Gasteiger partial charge < -0.3 is 5.73 Å².